The molecular weight excluding hydrogens is 438 g/mol. The standard InChI is InChI=1S/C26H34ClN3O3/c1-17(2)22(29-23(31)21(28)18-8-6-5-7-9-18)24(32)30-15-14-26(33,25(3,4)16-30)19-10-12-20(27)13-11-19/h5-13,17,21-22,33H,14-16,28H2,1-4H3,(H,29,31)/t21-,22+,26-/m0/s1. The van der Waals surface area contributed by atoms with E-state index in [2.05, 4.69) is 5.32 Å². The zero-order valence-electron chi connectivity index (χ0n) is 19.7. The van der Waals surface area contributed by atoms with Crippen LogP contribution in [0.2, 0.25) is 5.02 Å². The average Bonchev–Trinajstić information content (AvgIpc) is 2.78. The van der Waals surface area contributed by atoms with E-state index >= 15 is 0 Å². The van der Waals surface area contributed by atoms with E-state index in [1.807, 2.05) is 58.0 Å². The highest BCUT2D eigenvalue weighted by atomic mass is 35.5. The minimum Gasteiger partial charge on any atom is -0.384 e. The van der Waals surface area contributed by atoms with Crippen LogP contribution in [0.1, 0.15) is 51.3 Å². The van der Waals surface area contributed by atoms with Crippen molar-refractivity contribution in [3.8, 4) is 0 Å². The molecule has 0 bridgehead atoms. The van der Waals surface area contributed by atoms with Gasteiger partial charge in [-0.2, -0.15) is 0 Å². The Morgan fingerprint density at radius 2 is 1.70 bits per heavy atom. The maximum atomic E-state index is 13.5. The number of amides is 2. The van der Waals surface area contributed by atoms with E-state index in [-0.39, 0.29) is 17.7 Å². The Bertz CT molecular complexity index is 978. The molecule has 0 saturated carbocycles. The molecule has 1 aliphatic heterocycles. The second-order valence-corrected chi connectivity index (χ2v) is 10.3. The third kappa shape index (κ3) is 5.24. The molecule has 3 atom stereocenters. The summed E-state index contributed by atoms with van der Waals surface area (Å²) in [6.07, 6.45) is 0.385. The Kier molecular flexibility index (Phi) is 7.52. The highest BCUT2D eigenvalue weighted by Gasteiger charge is 2.50. The Balaban J connectivity index is 1.74. The first-order chi connectivity index (χ1) is 15.5. The summed E-state index contributed by atoms with van der Waals surface area (Å²) in [6.45, 7) is 8.44. The summed E-state index contributed by atoms with van der Waals surface area (Å²) >= 11 is 6.02. The number of carbonyl (C=O) groups is 2. The van der Waals surface area contributed by atoms with Crippen LogP contribution in [0.3, 0.4) is 0 Å². The number of benzene rings is 2. The monoisotopic (exact) mass is 471 g/mol. The lowest BCUT2D eigenvalue weighted by molar-refractivity contribution is -0.156. The molecule has 3 rings (SSSR count). The first kappa shape index (κ1) is 25.2. The van der Waals surface area contributed by atoms with Gasteiger partial charge in [0.15, 0.2) is 0 Å². The van der Waals surface area contributed by atoms with Gasteiger partial charge in [-0.1, -0.05) is 81.8 Å². The van der Waals surface area contributed by atoms with E-state index in [1.165, 1.54) is 0 Å². The smallest absolute Gasteiger partial charge is 0.245 e. The van der Waals surface area contributed by atoms with Crippen molar-refractivity contribution in [1.82, 2.24) is 10.2 Å². The molecule has 178 valence electrons. The first-order valence-corrected chi connectivity index (χ1v) is 11.7. The van der Waals surface area contributed by atoms with Gasteiger partial charge in [0.25, 0.3) is 0 Å². The van der Waals surface area contributed by atoms with Gasteiger partial charge in [-0.05, 0) is 35.6 Å². The molecule has 0 unspecified atom stereocenters. The van der Waals surface area contributed by atoms with Crippen molar-refractivity contribution in [2.45, 2.75) is 51.8 Å². The molecular formula is C26H34ClN3O3. The second-order valence-electron chi connectivity index (χ2n) is 9.88. The summed E-state index contributed by atoms with van der Waals surface area (Å²) in [5.41, 5.74) is 5.91. The van der Waals surface area contributed by atoms with Gasteiger partial charge in [0, 0.05) is 23.5 Å². The highest BCUT2D eigenvalue weighted by molar-refractivity contribution is 6.30. The van der Waals surface area contributed by atoms with E-state index in [4.69, 9.17) is 17.3 Å². The minimum absolute atomic E-state index is 0.121. The van der Waals surface area contributed by atoms with Crippen LogP contribution < -0.4 is 11.1 Å². The fourth-order valence-electron chi connectivity index (χ4n) is 4.54. The van der Waals surface area contributed by atoms with Crippen molar-refractivity contribution in [1.29, 1.82) is 0 Å². The fourth-order valence-corrected chi connectivity index (χ4v) is 4.66. The highest BCUT2D eigenvalue weighted by Crippen LogP contribution is 2.46. The SMILES string of the molecule is CC(C)[C@@H](NC(=O)[C@@H](N)c1ccccc1)C(=O)N1CC[C@](O)(c2ccc(Cl)cc2)C(C)(C)C1. The maximum absolute atomic E-state index is 13.5. The normalized spacial score (nSPS) is 22.0. The van der Waals surface area contributed by atoms with E-state index in [1.54, 1.807) is 29.2 Å². The molecule has 1 fully saturated rings. The lowest BCUT2D eigenvalue weighted by Gasteiger charge is -2.51. The summed E-state index contributed by atoms with van der Waals surface area (Å²) < 4.78 is 0. The number of nitrogens with zero attached hydrogens (tertiary/aromatic N) is 1. The molecule has 0 aromatic heterocycles. The van der Waals surface area contributed by atoms with Crippen LogP contribution in [0.4, 0.5) is 0 Å². The van der Waals surface area contributed by atoms with Gasteiger partial charge in [-0.15, -0.1) is 0 Å². The third-order valence-electron chi connectivity index (χ3n) is 6.75. The number of likely N-dealkylation sites (tertiary alicyclic amines) is 1. The number of rotatable bonds is 6. The summed E-state index contributed by atoms with van der Waals surface area (Å²) in [6, 6.07) is 14.7. The Labute approximate surface area is 201 Å². The van der Waals surface area contributed by atoms with E-state index in [0.717, 1.165) is 5.56 Å². The van der Waals surface area contributed by atoms with Crippen LogP contribution >= 0.6 is 11.6 Å². The second kappa shape index (κ2) is 9.84. The van der Waals surface area contributed by atoms with Crippen LogP contribution in [0.15, 0.2) is 54.6 Å². The maximum Gasteiger partial charge on any atom is 0.245 e. The molecule has 1 heterocycles. The van der Waals surface area contributed by atoms with E-state index in [0.29, 0.717) is 30.1 Å². The van der Waals surface area contributed by atoms with Crippen molar-refractivity contribution < 1.29 is 14.7 Å². The van der Waals surface area contributed by atoms with Crippen molar-refractivity contribution in [3.05, 3.63) is 70.7 Å². The number of hydrogen-bond acceptors (Lipinski definition) is 4. The molecule has 2 aromatic carbocycles. The van der Waals surface area contributed by atoms with Gasteiger partial charge in [0.1, 0.15) is 12.1 Å². The Morgan fingerprint density at radius 1 is 1.09 bits per heavy atom. The summed E-state index contributed by atoms with van der Waals surface area (Å²) in [5, 5.41) is 15.1. The molecule has 2 aromatic rings. The van der Waals surface area contributed by atoms with Gasteiger partial charge in [0.2, 0.25) is 11.8 Å². The number of nitrogens with two attached hydrogens (primary N) is 1. The van der Waals surface area contributed by atoms with Gasteiger partial charge in [-0.25, -0.2) is 0 Å². The number of halogens is 1. The van der Waals surface area contributed by atoms with Crippen LogP contribution in [0.25, 0.3) is 0 Å². The molecule has 4 N–H and O–H groups in total. The van der Waals surface area contributed by atoms with Crippen LogP contribution in [0.5, 0.6) is 0 Å². The summed E-state index contributed by atoms with van der Waals surface area (Å²) in [4.78, 5) is 28.1. The summed E-state index contributed by atoms with van der Waals surface area (Å²) in [5.74, 6) is -0.670. The van der Waals surface area contributed by atoms with Gasteiger partial charge in [-0.3, -0.25) is 9.59 Å². The van der Waals surface area contributed by atoms with E-state index < -0.39 is 23.1 Å². The number of carbonyl (C=O) groups excluding carboxylic acids is 2. The predicted octanol–water partition coefficient (Wildman–Crippen LogP) is 3.63. The molecule has 7 heteroatoms. The van der Waals surface area contributed by atoms with Gasteiger partial charge < -0.3 is 21.1 Å². The average molecular weight is 472 g/mol. The molecule has 0 radical (unpaired) electrons. The fraction of sp³-hybridized carbons (Fsp3) is 0.462. The largest absolute Gasteiger partial charge is 0.384 e. The van der Waals surface area contributed by atoms with Crippen LogP contribution in [0, 0.1) is 11.3 Å². The van der Waals surface area contributed by atoms with Crippen molar-refractivity contribution in [3.63, 3.8) is 0 Å². The zero-order chi connectivity index (χ0) is 24.4. The Morgan fingerprint density at radius 3 is 2.24 bits per heavy atom. The van der Waals surface area contributed by atoms with Gasteiger partial charge in [0.05, 0.1) is 5.60 Å². The topological polar surface area (TPSA) is 95.7 Å². The lowest BCUT2D eigenvalue weighted by Crippen LogP contribution is -2.61. The minimum atomic E-state index is -1.10. The van der Waals surface area contributed by atoms with Crippen molar-refractivity contribution >= 4 is 23.4 Å². The number of hydrogen-bond donors (Lipinski definition) is 3. The lowest BCUT2D eigenvalue weighted by atomic mass is 9.66. The summed E-state index contributed by atoms with van der Waals surface area (Å²) in [7, 11) is 0. The van der Waals surface area contributed by atoms with Gasteiger partial charge >= 0.3 is 0 Å². The predicted molar refractivity (Wildman–Crippen MR) is 130 cm³/mol. The molecule has 0 aliphatic carbocycles. The molecule has 33 heavy (non-hydrogen) atoms. The molecule has 1 saturated heterocycles. The third-order valence-corrected chi connectivity index (χ3v) is 7.01. The number of nitrogens with one attached hydrogen (secondary N) is 1. The quantitative estimate of drug-likeness (QED) is 0.599. The molecule has 2 amide bonds. The number of aliphatic hydroxyl groups is 1. The van der Waals surface area contributed by atoms with Crippen molar-refractivity contribution in [2.24, 2.45) is 17.1 Å². The molecule has 6 nitrogen and oxygen atoms in total. The molecule has 1 aliphatic rings. The van der Waals surface area contributed by atoms with Crippen molar-refractivity contribution in [2.75, 3.05) is 13.1 Å². The first-order valence-electron chi connectivity index (χ1n) is 11.3. The molecule has 0 spiro atoms. The van der Waals surface area contributed by atoms with Crippen LogP contribution in [-0.2, 0) is 15.2 Å². The van der Waals surface area contributed by atoms with Crippen LogP contribution in [-0.4, -0.2) is 41.0 Å². The van der Waals surface area contributed by atoms with E-state index in [9.17, 15) is 14.7 Å². The Hall–Kier alpha value is -2.41. The zero-order valence-corrected chi connectivity index (χ0v) is 20.5. The number of piperidine rings is 1.